The van der Waals surface area contributed by atoms with E-state index in [0.717, 1.165) is 25.0 Å². The molecule has 2 nitrogen and oxygen atoms in total. The molecule has 2 aromatic carbocycles. The van der Waals surface area contributed by atoms with Gasteiger partial charge in [0.05, 0.1) is 15.2 Å². The highest BCUT2D eigenvalue weighted by Gasteiger charge is 2.02. The molecule has 0 bridgehead atoms. The number of hydrogen-bond acceptors (Lipinski definition) is 3. The highest BCUT2D eigenvalue weighted by Crippen LogP contribution is 2.21. The van der Waals surface area contributed by atoms with Crippen LogP contribution in [0.4, 0.5) is 0 Å². The van der Waals surface area contributed by atoms with Crippen molar-refractivity contribution in [3.8, 4) is 0 Å². The summed E-state index contributed by atoms with van der Waals surface area (Å²) in [4.78, 5) is 4.64. The van der Waals surface area contributed by atoms with Crippen LogP contribution in [0.15, 0.2) is 54.6 Å². The summed E-state index contributed by atoms with van der Waals surface area (Å²) >= 11 is 1.79. The van der Waals surface area contributed by atoms with E-state index in [4.69, 9.17) is 0 Å². The zero-order chi connectivity index (χ0) is 12.9. The minimum atomic E-state index is 0.922. The summed E-state index contributed by atoms with van der Waals surface area (Å²) in [6.45, 7) is 1.89. The van der Waals surface area contributed by atoms with Crippen molar-refractivity contribution >= 4 is 21.6 Å². The maximum Gasteiger partial charge on any atom is 0.0951 e. The number of hydrogen-bond donors (Lipinski definition) is 1. The third-order valence-corrected chi connectivity index (χ3v) is 4.12. The summed E-state index contributed by atoms with van der Waals surface area (Å²) in [5.74, 6) is 0. The maximum absolute atomic E-state index is 4.64. The minimum Gasteiger partial charge on any atom is -0.312 e. The number of fused-ring (bicyclic) bond motifs is 1. The SMILES string of the molecule is c1ccc(CNCCc2nc3ccccc3s2)cc1. The summed E-state index contributed by atoms with van der Waals surface area (Å²) in [6.07, 6.45) is 0.992. The first kappa shape index (κ1) is 12.3. The Bertz CT molecular complexity index is 613. The molecule has 1 aromatic heterocycles. The van der Waals surface area contributed by atoms with Gasteiger partial charge in [-0.15, -0.1) is 11.3 Å². The molecule has 0 amide bonds. The molecule has 3 heteroatoms. The van der Waals surface area contributed by atoms with Crippen molar-refractivity contribution in [2.75, 3.05) is 6.54 Å². The van der Waals surface area contributed by atoms with Crippen molar-refractivity contribution in [2.45, 2.75) is 13.0 Å². The van der Waals surface area contributed by atoms with Crippen LogP contribution in [0.1, 0.15) is 10.6 Å². The summed E-state index contributed by atoms with van der Waals surface area (Å²) in [5, 5.41) is 4.67. The van der Waals surface area contributed by atoms with Gasteiger partial charge in [-0.2, -0.15) is 0 Å². The Balaban J connectivity index is 1.52. The van der Waals surface area contributed by atoms with Crippen LogP contribution in [0.5, 0.6) is 0 Å². The molecular weight excluding hydrogens is 252 g/mol. The topological polar surface area (TPSA) is 24.9 Å². The maximum atomic E-state index is 4.64. The minimum absolute atomic E-state index is 0.922. The first-order valence-corrected chi connectivity index (χ1v) is 7.32. The van der Waals surface area contributed by atoms with Crippen LogP contribution >= 0.6 is 11.3 Å². The van der Waals surface area contributed by atoms with Crippen LogP contribution in [0, 0.1) is 0 Å². The van der Waals surface area contributed by atoms with Crippen molar-refractivity contribution < 1.29 is 0 Å². The third-order valence-electron chi connectivity index (χ3n) is 3.03. The van der Waals surface area contributed by atoms with Crippen LogP contribution < -0.4 is 5.32 Å². The Morgan fingerprint density at radius 1 is 0.947 bits per heavy atom. The summed E-state index contributed by atoms with van der Waals surface area (Å²) < 4.78 is 1.28. The summed E-state index contributed by atoms with van der Waals surface area (Å²) in [5.41, 5.74) is 2.44. The molecule has 0 unspecified atom stereocenters. The van der Waals surface area contributed by atoms with Crippen molar-refractivity contribution in [3.05, 3.63) is 65.2 Å². The molecule has 19 heavy (non-hydrogen) atoms. The van der Waals surface area contributed by atoms with Crippen LogP contribution in [-0.4, -0.2) is 11.5 Å². The number of rotatable bonds is 5. The van der Waals surface area contributed by atoms with E-state index in [2.05, 4.69) is 52.8 Å². The lowest BCUT2D eigenvalue weighted by atomic mass is 10.2. The average molecular weight is 268 g/mol. The fraction of sp³-hybridized carbons (Fsp3) is 0.188. The van der Waals surface area contributed by atoms with E-state index in [1.165, 1.54) is 15.3 Å². The smallest absolute Gasteiger partial charge is 0.0951 e. The van der Waals surface area contributed by atoms with E-state index >= 15 is 0 Å². The molecule has 0 atom stereocenters. The van der Waals surface area contributed by atoms with Crippen molar-refractivity contribution in [3.63, 3.8) is 0 Å². The Morgan fingerprint density at radius 3 is 2.58 bits per heavy atom. The summed E-state index contributed by atoms with van der Waals surface area (Å²) in [7, 11) is 0. The van der Waals surface area contributed by atoms with Gasteiger partial charge in [0, 0.05) is 19.5 Å². The number of thiazole rings is 1. The van der Waals surface area contributed by atoms with Crippen LogP contribution in [0.25, 0.3) is 10.2 Å². The molecular formula is C16H16N2S. The van der Waals surface area contributed by atoms with E-state index < -0.39 is 0 Å². The molecule has 0 radical (unpaired) electrons. The molecule has 3 rings (SSSR count). The fourth-order valence-corrected chi connectivity index (χ4v) is 3.02. The zero-order valence-electron chi connectivity index (χ0n) is 10.7. The predicted molar refractivity (Wildman–Crippen MR) is 81.5 cm³/mol. The van der Waals surface area contributed by atoms with Gasteiger partial charge in [0.1, 0.15) is 0 Å². The Labute approximate surface area is 117 Å². The lowest BCUT2D eigenvalue weighted by Crippen LogP contribution is -2.16. The monoisotopic (exact) mass is 268 g/mol. The Hall–Kier alpha value is -1.71. The highest BCUT2D eigenvalue weighted by molar-refractivity contribution is 7.18. The Kier molecular flexibility index (Phi) is 3.86. The molecule has 1 N–H and O–H groups in total. The molecule has 0 saturated heterocycles. The molecule has 0 aliphatic rings. The normalized spacial score (nSPS) is 10.9. The first-order valence-electron chi connectivity index (χ1n) is 6.51. The number of para-hydroxylation sites is 1. The average Bonchev–Trinajstić information content (AvgIpc) is 2.87. The predicted octanol–water partition coefficient (Wildman–Crippen LogP) is 3.63. The van der Waals surface area contributed by atoms with Gasteiger partial charge < -0.3 is 5.32 Å². The molecule has 3 aromatic rings. The second-order valence-corrected chi connectivity index (χ2v) is 5.60. The zero-order valence-corrected chi connectivity index (χ0v) is 11.5. The highest BCUT2D eigenvalue weighted by atomic mass is 32.1. The van der Waals surface area contributed by atoms with Gasteiger partial charge >= 0.3 is 0 Å². The largest absolute Gasteiger partial charge is 0.312 e. The van der Waals surface area contributed by atoms with Crippen LogP contribution in [-0.2, 0) is 13.0 Å². The van der Waals surface area contributed by atoms with E-state index in [0.29, 0.717) is 0 Å². The van der Waals surface area contributed by atoms with Gasteiger partial charge in [-0.05, 0) is 17.7 Å². The first-order chi connectivity index (χ1) is 9.42. The standard InChI is InChI=1S/C16H16N2S/c1-2-6-13(7-3-1)12-17-11-10-16-18-14-8-4-5-9-15(14)19-16/h1-9,17H,10-12H2. The quantitative estimate of drug-likeness (QED) is 0.715. The third kappa shape index (κ3) is 3.19. The number of aromatic nitrogens is 1. The number of benzene rings is 2. The number of nitrogens with zero attached hydrogens (tertiary/aromatic N) is 1. The molecule has 96 valence electrons. The van der Waals surface area contributed by atoms with Gasteiger partial charge in [0.25, 0.3) is 0 Å². The lowest BCUT2D eigenvalue weighted by Gasteiger charge is -2.02. The van der Waals surface area contributed by atoms with Crippen molar-refractivity contribution in [1.29, 1.82) is 0 Å². The van der Waals surface area contributed by atoms with Gasteiger partial charge in [-0.25, -0.2) is 4.98 Å². The van der Waals surface area contributed by atoms with E-state index in [-0.39, 0.29) is 0 Å². The van der Waals surface area contributed by atoms with E-state index in [1.54, 1.807) is 11.3 Å². The van der Waals surface area contributed by atoms with E-state index in [1.807, 2.05) is 12.1 Å². The van der Waals surface area contributed by atoms with Crippen molar-refractivity contribution in [1.82, 2.24) is 10.3 Å². The van der Waals surface area contributed by atoms with E-state index in [9.17, 15) is 0 Å². The number of nitrogens with one attached hydrogen (secondary N) is 1. The lowest BCUT2D eigenvalue weighted by molar-refractivity contribution is 0.686. The summed E-state index contributed by atoms with van der Waals surface area (Å²) in [6, 6.07) is 18.8. The van der Waals surface area contributed by atoms with Gasteiger partial charge in [-0.3, -0.25) is 0 Å². The van der Waals surface area contributed by atoms with Crippen molar-refractivity contribution in [2.24, 2.45) is 0 Å². The van der Waals surface area contributed by atoms with Crippen LogP contribution in [0.2, 0.25) is 0 Å². The van der Waals surface area contributed by atoms with Gasteiger partial charge in [0.15, 0.2) is 0 Å². The second kappa shape index (κ2) is 5.95. The molecule has 0 fully saturated rings. The fourth-order valence-electron chi connectivity index (χ4n) is 2.05. The molecule has 0 aliphatic carbocycles. The molecule has 0 spiro atoms. The molecule has 0 saturated carbocycles. The Morgan fingerprint density at radius 2 is 1.74 bits per heavy atom. The van der Waals surface area contributed by atoms with Gasteiger partial charge in [-0.1, -0.05) is 42.5 Å². The van der Waals surface area contributed by atoms with Crippen LogP contribution in [0.3, 0.4) is 0 Å². The molecule has 1 heterocycles. The van der Waals surface area contributed by atoms with Gasteiger partial charge in [0.2, 0.25) is 0 Å². The second-order valence-electron chi connectivity index (χ2n) is 4.49. The molecule has 0 aliphatic heterocycles.